The van der Waals surface area contributed by atoms with Gasteiger partial charge in [-0.05, 0) is 31.9 Å². The van der Waals surface area contributed by atoms with Gasteiger partial charge in [-0.15, -0.1) is 5.10 Å². The molecule has 1 spiro atoms. The van der Waals surface area contributed by atoms with Gasteiger partial charge in [0.05, 0.1) is 18.0 Å². The van der Waals surface area contributed by atoms with Gasteiger partial charge in [-0.3, -0.25) is 14.9 Å². The van der Waals surface area contributed by atoms with Crippen LogP contribution in [0.2, 0.25) is 0 Å². The second kappa shape index (κ2) is 7.85. The quantitative estimate of drug-likeness (QED) is 0.794. The zero-order chi connectivity index (χ0) is 18.7. The number of pyridine rings is 1. The molecule has 0 radical (unpaired) electrons. The third-order valence-electron chi connectivity index (χ3n) is 5.21. The summed E-state index contributed by atoms with van der Waals surface area (Å²) >= 11 is 1.38. The van der Waals surface area contributed by atoms with Crippen LogP contribution in [0.1, 0.15) is 18.7 Å². The van der Waals surface area contributed by atoms with Crippen LogP contribution in [0.3, 0.4) is 0 Å². The molecule has 0 unspecified atom stereocenters. The molecule has 4 heterocycles. The van der Waals surface area contributed by atoms with Crippen molar-refractivity contribution in [3.63, 3.8) is 0 Å². The molecule has 1 N–H and O–H groups in total. The lowest BCUT2D eigenvalue weighted by Crippen LogP contribution is -2.57. The van der Waals surface area contributed by atoms with Crippen LogP contribution in [0.15, 0.2) is 29.7 Å². The number of H-pyrrole nitrogens is 1. The summed E-state index contributed by atoms with van der Waals surface area (Å²) in [4.78, 5) is 25.1. The van der Waals surface area contributed by atoms with Crippen molar-refractivity contribution in [3.05, 3.63) is 30.4 Å². The predicted molar refractivity (Wildman–Crippen MR) is 103 cm³/mol. The second-order valence-electron chi connectivity index (χ2n) is 7.03. The minimum absolute atomic E-state index is 0.138. The number of carbonyl (C=O) groups excluding carboxylic acids is 1. The molecule has 9 heteroatoms. The molecule has 27 heavy (non-hydrogen) atoms. The number of thioether (sulfide) groups is 1. The van der Waals surface area contributed by atoms with Gasteiger partial charge in [-0.2, -0.15) is 0 Å². The molecule has 2 saturated heterocycles. The molecule has 2 aromatic rings. The van der Waals surface area contributed by atoms with E-state index in [0.717, 1.165) is 51.5 Å². The Morgan fingerprint density at radius 1 is 1.30 bits per heavy atom. The number of aromatic amines is 1. The Labute approximate surface area is 162 Å². The summed E-state index contributed by atoms with van der Waals surface area (Å²) in [7, 11) is 0. The van der Waals surface area contributed by atoms with Gasteiger partial charge in [0.15, 0.2) is 0 Å². The first-order chi connectivity index (χ1) is 13.1. The number of hydrogen-bond acceptors (Lipinski definition) is 7. The first kappa shape index (κ1) is 18.2. The van der Waals surface area contributed by atoms with Crippen LogP contribution in [0.25, 0.3) is 0 Å². The molecule has 2 aliphatic rings. The molecule has 0 aromatic carbocycles. The van der Waals surface area contributed by atoms with Crippen LogP contribution < -0.4 is 4.90 Å². The van der Waals surface area contributed by atoms with E-state index in [1.54, 1.807) is 0 Å². The fourth-order valence-electron chi connectivity index (χ4n) is 3.69. The van der Waals surface area contributed by atoms with E-state index in [2.05, 4.69) is 25.1 Å². The van der Waals surface area contributed by atoms with E-state index in [0.29, 0.717) is 10.9 Å². The van der Waals surface area contributed by atoms with E-state index >= 15 is 0 Å². The molecule has 4 rings (SSSR count). The lowest BCUT2D eigenvalue weighted by atomic mass is 9.89. The van der Waals surface area contributed by atoms with Gasteiger partial charge in [0.25, 0.3) is 0 Å². The lowest BCUT2D eigenvalue weighted by Gasteiger charge is -2.48. The predicted octanol–water partition coefficient (Wildman–Crippen LogP) is 1.50. The molecule has 1 amide bonds. The topological polar surface area (TPSA) is 87.2 Å². The Bertz CT molecular complexity index is 775. The van der Waals surface area contributed by atoms with E-state index in [4.69, 9.17) is 4.74 Å². The Hall–Kier alpha value is -2.13. The van der Waals surface area contributed by atoms with Gasteiger partial charge in [-0.25, -0.2) is 4.98 Å². The number of piperidine rings is 1. The molecule has 0 aliphatic carbocycles. The van der Waals surface area contributed by atoms with Crippen molar-refractivity contribution in [1.82, 2.24) is 25.1 Å². The highest BCUT2D eigenvalue weighted by Crippen LogP contribution is 2.32. The molecular formula is C18H24N6O2S. The minimum atomic E-state index is -0.160. The highest BCUT2D eigenvalue weighted by atomic mass is 32.2. The molecule has 2 fully saturated rings. The molecule has 0 atom stereocenters. The largest absolute Gasteiger partial charge is 0.371 e. The molecular weight excluding hydrogens is 364 g/mol. The SMILES string of the molecule is Cc1nc(SCC(=O)N2CCC3(CC2)CN(c2ccncc2)CCO3)n[nH]1. The Kier molecular flexibility index (Phi) is 5.31. The maximum Gasteiger partial charge on any atom is 0.233 e. The number of amides is 1. The van der Waals surface area contributed by atoms with E-state index in [-0.39, 0.29) is 11.5 Å². The number of morpholine rings is 1. The summed E-state index contributed by atoms with van der Waals surface area (Å²) in [6.45, 7) is 5.79. The minimum Gasteiger partial charge on any atom is -0.371 e. The van der Waals surface area contributed by atoms with E-state index < -0.39 is 0 Å². The number of anilines is 1. The fourth-order valence-corrected chi connectivity index (χ4v) is 4.44. The summed E-state index contributed by atoms with van der Waals surface area (Å²) < 4.78 is 6.19. The van der Waals surface area contributed by atoms with Crippen molar-refractivity contribution in [3.8, 4) is 0 Å². The first-order valence-electron chi connectivity index (χ1n) is 9.22. The zero-order valence-corrected chi connectivity index (χ0v) is 16.2. The number of hydrogen-bond donors (Lipinski definition) is 1. The first-order valence-corrected chi connectivity index (χ1v) is 10.2. The number of rotatable bonds is 4. The molecule has 0 saturated carbocycles. The third-order valence-corrected chi connectivity index (χ3v) is 6.04. The van der Waals surface area contributed by atoms with Crippen molar-refractivity contribution < 1.29 is 9.53 Å². The van der Waals surface area contributed by atoms with Gasteiger partial charge in [0, 0.05) is 44.3 Å². The van der Waals surface area contributed by atoms with Crippen LogP contribution in [-0.4, -0.2) is 75.1 Å². The summed E-state index contributed by atoms with van der Waals surface area (Å²) in [5.74, 6) is 1.27. The van der Waals surface area contributed by atoms with Crippen molar-refractivity contribution in [1.29, 1.82) is 0 Å². The summed E-state index contributed by atoms with van der Waals surface area (Å²) in [6.07, 6.45) is 5.38. The van der Waals surface area contributed by atoms with Crippen molar-refractivity contribution in [2.75, 3.05) is 43.4 Å². The van der Waals surface area contributed by atoms with Crippen molar-refractivity contribution >= 4 is 23.4 Å². The van der Waals surface area contributed by atoms with Gasteiger partial charge in [-0.1, -0.05) is 11.8 Å². The average molecular weight is 388 g/mol. The van der Waals surface area contributed by atoms with Crippen LogP contribution in [0.4, 0.5) is 5.69 Å². The van der Waals surface area contributed by atoms with Crippen LogP contribution in [-0.2, 0) is 9.53 Å². The number of carbonyl (C=O) groups is 1. The normalized spacial score (nSPS) is 19.4. The smallest absolute Gasteiger partial charge is 0.233 e. The molecule has 144 valence electrons. The number of nitrogens with one attached hydrogen (secondary N) is 1. The van der Waals surface area contributed by atoms with Gasteiger partial charge >= 0.3 is 0 Å². The molecule has 2 aliphatic heterocycles. The monoisotopic (exact) mass is 388 g/mol. The van der Waals surface area contributed by atoms with Gasteiger partial charge < -0.3 is 14.5 Å². The molecule has 2 aromatic heterocycles. The van der Waals surface area contributed by atoms with E-state index in [1.807, 2.05) is 36.4 Å². The van der Waals surface area contributed by atoms with Crippen LogP contribution in [0.5, 0.6) is 0 Å². The Balaban J connectivity index is 1.30. The van der Waals surface area contributed by atoms with Crippen LogP contribution >= 0.6 is 11.8 Å². The zero-order valence-electron chi connectivity index (χ0n) is 15.4. The summed E-state index contributed by atoms with van der Waals surface area (Å²) in [6, 6.07) is 4.08. The van der Waals surface area contributed by atoms with E-state index in [1.165, 1.54) is 17.4 Å². The molecule has 8 nitrogen and oxygen atoms in total. The summed E-state index contributed by atoms with van der Waals surface area (Å²) in [5.41, 5.74) is 1.02. The molecule has 0 bridgehead atoms. The number of nitrogens with zero attached hydrogens (tertiary/aromatic N) is 5. The number of likely N-dealkylation sites (tertiary alicyclic amines) is 1. The lowest BCUT2D eigenvalue weighted by molar-refractivity contribution is -0.136. The van der Waals surface area contributed by atoms with Crippen molar-refractivity contribution in [2.24, 2.45) is 0 Å². The maximum atomic E-state index is 12.5. The number of aromatic nitrogens is 4. The highest BCUT2D eigenvalue weighted by Gasteiger charge is 2.40. The Morgan fingerprint density at radius 3 is 2.78 bits per heavy atom. The standard InChI is InChI=1S/C18H24N6O2S/c1-14-20-17(22-21-14)27-12-16(25)23-8-4-18(5-9-23)13-24(10-11-26-18)15-2-6-19-7-3-15/h2-3,6-7H,4-5,8-13H2,1H3,(H,20,21,22). The van der Waals surface area contributed by atoms with Gasteiger partial charge in [0.1, 0.15) is 5.82 Å². The fraction of sp³-hybridized carbons (Fsp3) is 0.556. The maximum absolute atomic E-state index is 12.5. The van der Waals surface area contributed by atoms with E-state index in [9.17, 15) is 4.79 Å². The van der Waals surface area contributed by atoms with Gasteiger partial charge in [0.2, 0.25) is 11.1 Å². The number of ether oxygens (including phenoxy) is 1. The highest BCUT2D eigenvalue weighted by molar-refractivity contribution is 7.99. The average Bonchev–Trinajstić information content (AvgIpc) is 3.13. The number of aryl methyl sites for hydroxylation is 1. The Morgan fingerprint density at radius 2 is 2.07 bits per heavy atom. The third kappa shape index (κ3) is 4.24. The van der Waals surface area contributed by atoms with Crippen LogP contribution in [0, 0.1) is 6.92 Å². The summed E-state index contributed by atoms with van der Waals surface area (Å²) in [5, 5.41) is 7.48. The van der Waals surface area contributed by atoms with Crippen molar-refractivity contribution in [2.45, 2.75) is 30.5 Å². The second-order valence-corrected chi connectivity index (χ2v) is 7.97.